The molecule has 0 atom stereocenters. The number of rotatable bonds is 6. The first-order valence-electron chi connectivity index (χ1n) is 8.44. The van der Waals surface area contributed by atoms with Crippen LogP contribution in [-0.4, -0.2) is 35.7 Å². The van der Waals surface area contributed by atoms with Crippen LogP contribution in [0.2, 0.25) is 0 Å². The zero-order chi connectivity index (χ0) is 18.4. The second-order valence-electron chi connectivity index (χ2n) is 5.84. The number of aryl methyl sites for hydroxylation is 1. The third-order valence-electron chi connectivity index (χ3n) is 3.69. The second kappa shape index (κ2) is 8.45. The van der Waals surface area contributed by atoms with Crippen molar-refractivity contribution in [2.75, 3.05) is 35.6 Å². The van der Waals surface area contributed by atoms with Gasteiger partial charge in [-0.1, -0.05) is 0 Å². The average molecular weight is 358 g/mol. The van der Waals surface area contributed by atoms with Crippen LogP contribution in [0.15, 0.2) is 24.3 Å². The van der Waals surface area contributed by atoms with Crippen LogP contribution in [0.25, 0.3) is 0 Å². The van der Waals surface area contributed by atoms with Crippen LogP contribution >= 0.6 is 0 Å². The number of hydrogen-bond donors (Lipinski definition) is 4. The highest BCUT2D eigenvalue weighted by Crippen LogP contribution is 2.26. The number of carbonyl (C=O) groups excluding carboxylic acids is 1. The summed E-state index contributed by atoms with van der Waals surface area (Å²) in [4.78, 5) is 30.8. The van der Waals surface area contributed by atoms with Crippen molar-refractivity contribution in [3.05, 3.63) is 35.5 Å². The van der Waals surface area contributed by atoms with E-state index in [-0.39, 0.29) is 5.95 Å². The van der Waals surface area contributed by atoms with Gasteiger partial charge >= 0.3 is 6.03 Å². The Balaban J connectivity index is 1.62. The van der Waals surface area contributed by atoms with Gasteiger partial charge in [-0.15, -0.1) is 0 Å². The first-order valence-corrected chi connectivity index (χ1v) is 8.44. The highest BCUT2D eigenvalue weighted by Gasteiger charge is 2.13. The lowest BCUT2D eigenvalue weighted by atomic mass is 10.1. The molecule has 0 aliphatic carbocycles. The Kier molecular flexibility index (Phi) is 5.82. The summed E-state index contributed by atoms with van der Waals surface area (Å²) >= 11 is 0. The van der Waals surface area contributed by atoms with E-state index < -0.39 is 6.03 Å². The van der Waals surface area contributed by atoms with E-state index in [9.17, 15) is 4.79 Å². The SMILES string of the molecule is Cc1cc(NCCCN)nc(NC(=O)Nc2ccc3c(c2)CCOO3)n1. The number of aromatic nitrogens is 2. The maximum absolute atomic E-state index is 12.2. The number of nitrogens with one attached hydrogen (secondary N) is 3. The van der Waals surface area contributed by atoms with Gasteiger partial charge in [-0.25, -0.2) is 9.78 Å². The second-order valence-corrected chi connectivity index (χ2v) is 5.84. The van der Waals surface area contributed by atoms with Gasteiger partial charge in [-0.05, 0) is 38.1 Å². The van der Waals surface area contributed by atoms with Crippen LogP contribution in [0.4, 0.5) is 22.2 Å². The van der Waals surface area contributed by atoms with Gasteiger partial charge in [0.2, 0.25) is 5.95 Å². The van der Waals surface area contributed by atoms with E-state index in [1.165, 1.54) is 0 Å². The quantitative estimate of drug-likeness (QED) is 0.460. The van der Waals surface area contributed by atoms with Crippen molar-refractivity contribution in [2.45, 2.75) is 19.8 Å². The van der Waals surface area contributed by atoms with E-state index in [2.05, 4.69) is 25.9 Å². The van der Waals surface area contributed by atoms with Crippen LogP contribution in [0.5, 0.6) is 5.75 Å². The van der Waals surface area contributed by atoms with Crippen molar-refractivity contribution in [3.8, 4) is 5.75 Å². The highest BCUT2D eigenvalue weighted by molar-refractivity contribution is 5.98. The first kappa shape index (κ1) is 17.9. The van der Waals surface area contributed by atoms with Gasteiger partial charge in [0.05, 0.1) is 6.61 Å². The molecule has 2 heterocycles. The molecule has 0 bridgehead atoms. The molecule has 0 saturated heterocycles. The summed E-state index contributed by atoms with van der Waals surface area (Å²) in [5.74, 6) is 1.54. The first-order chi connectivity index (χ1) is 12.6. The topological polar surface area (TPSA) is 123 Å². The lowest BCUT2D eigenvalue weighted by Gasteiger charge is -2.16. The summed E-state index contributed by atoms with van der Waals surface area (Å²) in [5.41, 5.74) is 7.86. The van der Waals surface area contributed by atoms with Crippen molar-refractivity contribution >= 4 is 23.5 Å². The number of nitrogens with two attached hydrogens (primary N) is 1. The van der Waals surface area contributed by atoms with E-state index in [0.717, 1.165) is 24.1 Å². The Morgan fingerprint density at radius 2 is 2.15 bits per heavy atom. The number of amides is 2. The zero-order valence-electron chi connectivity index (χ0n) is 14.5. The number of anilines is 3. The third-order valence-corrected chi connectivity index (χ3v) is 3.69. The molecule has 0 saturated carbocycles. The summed E-state index contributed by atoms with van der Waals surface area (Å²) in [6.45, 7) is 3.63. The fourth-order valence-electron chi connectivity index (χ4n) is 2.49. The molecule has 1 aliphatic rings. The van der Waals surface area contributed by atoms with E-state index in [0.29, 0.717) is 37.0 Å². The van der Waals surface area contributed by atoms with Crippen molar-refractivity contribution in [3.63, 3.8) is 0 Å². The van der Waals surface area contributed by atoms with Crippen LogP contribution in [0.1, 0.15) is 17.7 Å². The fourth-order valence-corrected chi connectivity index (χ4v) is 2.49. The minimum atomic E-state index is -0.420. The minimum Gasteiger partial charge on any atom is -0.370 e. The van der Waals surface area contributed by atoms with Crippen LogP contribution < -0.4 is 26.6 Å². The Morgan fingerprint density at radius 3 is 3.00 bits per heavy atom. The maximum Gasteiger partial charge on any atom is 0.326 e. The Hall–Kier alpha value is -2.91. The lowest BCUT2D eigenvalue weighted by Crippen LogP contribution is -2.22. The number of carbonyl (C=O) groups is 1. The smallest absolute Gasteiger partial charge is 0.326 e. The highest BCUT2D eigenvalue weighted by atomic mass is 17.2. The molecule has 9 heteroatoms. The maximum atomic E-state index is 12.2. The standard InChI is InChI=1S/C17H22N6O3/c1-11-9-15(19-7-2-6-18)22-16(20-11)23-17(24)21-13-3-4-14-12(10-13)5-8-25-26-14/h3-4,9-10H,2,5-8,18H2,1H3,(H3,19,20,21,22,23,24). The largest absolute Gasteiger partial charge is 0.370 e. The lowest BCUT2D eigenvalue weighted by molar-refractivity contribution is -0.215. The Labute approximate surface area is 151 Å². The number of fused-ring (bicyclic) bond motifs is 1. The molecule has 1 aromatic heterocycles. The fraction of sp³-hybridized carbons (Fsp3) is 0.353. The zero-order valence-corrected chi connectivity index (χ0v) is 14.5. The van der Waals surface area contributed by atoms with Gasteiger partial charge in [0.1, 0.15) is 5.82 Å². The van der Waals surface area contributed by atoms with Gasteiger partial charge in [0, 0.05) is 36.0 Å². The van der Waals surface area contributed by atoms with E-state index in [1.807, 2.05) is 19.1 Å². The average Bonchev–Trinajstić information content (AvgIpc) is 2.61. The summed E-state index contributed by atoms with van der Waals surface area (Å²) in [6, 6.07) is 6.74. The third kappa shape index (κ3) is 4.80. The molecule has 0 radical (unpaired) electrons. The van der Waals surface area contributed by atoms with E-state index in [4.69, 9.17) is 15.5 Å². The van der Waals surface area contributed by atoms with E-state index in [1.54, 1.807) is 12.1 Å². The van der Waals surface area contributed by atoms with Gasteiger partial charge in [-0.3, -0.25) is 5.32 Å². The molecule has 2 aromatic rings. The van der Waals surface area contributed by atoms with Crippen LogP contribution in [0, 0.1) is 6.92 Å². The molecular weight excluding hydrogens is 336 g/mol. The molecule has 2 amide bonds. The monoisotopic (exact) mass is 358 g/mol. The summed E-state index contributed by atoms with van der Waals surface area (Å²) in [7, 11) is 0. The molecule has 138 valence electrons. The molecule has 0 fully saturated rings. The van der Waals surface area contributed by atoms with Gasteiger partial charge < -0.3 is 21.3 Å². The van der Waals surface area contributed by atoms with Gasteiger partial charge in [0.25, 0.3) is 0 Å². The predicted octanol–water partition coefficient (Wildman–Crippen LogP) is 2.06. The van der Waals surface area contributed by atoms with Crippen LogP contribution in [-0.2, 0) is 11.3 Å². The summed E-state index contributed by atoms with van der Waals surface area (Å²) < 4.78 is 0. The van der Waals surface area contributed by atoms with E-state index >= 15 is 0 Å². The molecule has 1 aliphatic heterocycles. The molecule has 26 heavy (non-hydrogen) atoms. The van der Waals surface area contributed by atoms with Crippen molar-refractivity contribution in [2.24, 2.45) is 5.73 Å². The normalized spacial score (nSPS) is 12.7. The Bertz CT molecular complexity index is 783. The Morgan fingerprint density at radius 1 is 1.27 bits per heavy atom. The number of urea groups is 1. The van der Waals surface area contributed by atoms with Crippen molar-refractivity contribution in [1.29, 1.82) is 0 Å². The molecule has 0 unspecified atom stereocenters. The number of hydrogen-bond acceptors (Lipinski definition) is 7. The molecule has 1 aromatic carbocycles. The van der Waals surface area contributed by atoms with Crippen molar-refractivity contribution < 1.29 is 14.6 Å². The van der Waals surface area contributed by atoms with Crippen LogP contribution in [0.3, 0.4) is 0 Å². The minimum absolute atomic E-state index is 0.229. The summed E-state index contributed by atoms with van der Waals surface area (Å²) in [5, 5.41) is 8.57. The summed E-state index contributed by atoms with van der Waals surface area (Å²) in [6.07, 6.45) is 1.56. The number of nitrogens with zero attached hydrogens (tertiary/aromatic N) is 2. The molecule has 5 N–H and O–H groups in total. The number of benzene rings is 1. The molecule has 0 spiro atoms. The van der Waals surface area contributed by atoms with Gasteiger partial charge in [0.15, 0.2) is 5.75 Å². The van der Waals surface area contributed by atoms with Gasteiger partial charge in [-0.2, -0.15) is 9.87 Å². The molecule has 3 rings (SSSR count). The molecular formula is C17H22N6O3. The predicted molar refractivity (Wildman–Crippen MR) is 98.3 cm³/mol. The molecule has 9 nitrogen and oxygen atoms in total. The van der Waals surface area contributed by atoms with Crippen molar-refractivity contribution in [1.82, 2.24) is 9.97 Å².